The van der Waals surface area contributed by atoms with Crippen LogP contribution in [0.25, 0.3) is 0 Å². The van der Waals surface area contributed by atoms with E-state index in [9.17, 15) is 4.79 Å². The van der Waals surface area contributed by atoms with E-state index in [0.29, 0.717) is 23.9 Å². The third kappa shape index (κ3) is 5.26. The monoisotopic (exact) mass is 394 g/mol. The number of hydrogen-bond acceptors (Lipinski definition) is 5. The van der Waals surface area contributed by atoms with E-state index in [-0.39, 0.29) is 5.41 Å². The van der Waals surface area contributed by atoms with Crippen molar-refractivity contribution < 1.29 is 9.53 Å². The maximum Gasteiger partial charge on any atom is 0.228 e. The Morgan fingerprint density at radius 2 is 1.68 bits per heavy atom. The zero-order valence-corrected chi connectivity index (χ0v) is 18.8. The lowest BCUT2D eigenvalue weighted by atomic mass is 9.75. The molecule has 0 aromatic rings. The highest BCUT2D eigenvalue weighted by molar-refractivity contribution is 5.82. The molecule has 2 atom stereocenters. The van der Waals surface area contributed by atoms with Crippen molar-refractivity contribution in [2.24, 2.45) is 11.3 Å². The average Bonchev–Trinajstić information content (AvgIpc) is 2.68. The van der Waals surface area contributed by atoms with E-state index >= 15 is 0 Å². The third-order valence-electron chi connectivity index (χ3n) is 7.11. The summed E-state index contributed by atoms with van der Waals surface area (Å²) in [6.07, 6.45) is 2.19. The van der Waals surface area contributed by atoms with Crippen molar-refractivity contribution >= 4 is 5.91 Å². The zero-order valence-electron chi connectivity index (χ0n) is 18.8. The number of carbonyl (C=O) groups excluding carboxylic acids is 1. The van der Waals surface area contributed by atoms with Gasteiger partial charge in [-0.2, -0.15) is 0 Å². The normalized spacial score (nSPS) is 29.4. The van der Waals surface area contributed by atoms with Crippen molar-refractivity contribution in [3.63, 3.8) is 0 Å². The summed E-state index contributed by atoms with van der Waals surface area (Å²) in [6.45, 7) is 18.7. The molecule has 3 rings (SSSR count). The van der Waals surface area contributed by atoms with Gasteiger partial charge in [0.25, 0.3) is 0 Å². The average molecular weight is 395 g/mol. The van der Waals surface area contributed by atoms with E-state index in [1.165, 1.54) is 13.0 Å². The van der Waals surface area contributed by atoms with Gasteiger partial charge in [0.2, 0.25) is 5.91 Å². The maximum absolute atomic E-state index is 13.4. The molecular formula is C22H42N4O2. The first-order valence-corrected chi connectivity index (χ1v) is 11.3. The molecule has 3 aliphatic heterocycles. The second-order valence-electron chi connectivity index (χ2n) is 10.0. The van der Waals surface area contributed by atoms with Gasteiger partial charge in [0.05, 0.1) is 13.2 Å². The lowest BCUT2D eigenvalue weighted by Gasteiger charge is -2.48. The van der Waals surface area contributed by atoms with Gasteiger partial charge in [-0.3, -0.25) is 9.69 Å². The largest absolute Gasteiger partial charge is 0.379 e. The van der Waals surface area contributed by atoms with Gasteiger partial charge in [-0.1, -0.05) is 13.8 Å². The minimum atomic E-state index is -0.300. The highest BCUT2D eigenvalue weighted by Crippen LogP contribution is 2.35. The number of amides is 1. The van der Waals surface area contributed by atoms with Crippen LogP contribution in [0.15, 0.2) is 0 Å². The van der Waals surface area contributed by atoms with Gasteiger partial charge in [0.1, 0.15) is 0 Å². The molecule has 3 fully saturated rings. The van der Waals surface area contributed by atoms with Crippen molar-refractivity contribution in [3.8, 4) is 0 Å². The predicted octanol–water partition coefficient (Wildman–Crippen LogP) is 1.61. The summed E-state index contributed by atoms with van der Waals surface area (Å²) in [5.41, 5.74) is -0.300. The number of hydrogen-bond donors (Lipinski definition) is 0. The van der Waals surface area contributed by atoms with Crippen LogP contribution in [-0.2, 0) is 9.53 Å². The predicted molar refractivity (Wildman–Crippen MR) is 113 cm³/mol. The second-order valence-corrected chi connectivity index (χ2v) is 10.0. The van der Waals surface area contributed by atoms with Crippen molar-refractivity contribution in [1.82, 2.24) is 19.6 Å². The molecule has 162 valence electrons. The van der Waals surface area contributed by atoms with E-state index in [1.54, 1.807) is 0 Å². The Morgan fingerprint density at radius 1 is 1.04 bits per heavy atom. The molecule has 0 spiro atoms. The number of rotatable bonds is 5. The maximum atomic E-state index is 13.4. The van der Waals surface area contributed by atoms with Gasteiger partial charge >= 0.3 is 0 Å². The van der Waals surface area contributed by atoms with Gasteiger partial charge in [0, 0.05) is 63.3 Å². The number of likely N-dealkylation sites (N-methyl/N-ethyl adjacent to an activating group) is 1. The minimum absolute atomic E-state index is 0.300. The van der Waals surface area contributed by atoms with Crippen LogP contribution >= 0.6 is 0 Å². The van der Waals surface area contributed by atoms with Crippen LogP contribution < -0.4 is 0 Å². The molecule has 3 aliphatic rings. The number of ether oxygens (including phenoxy) is 1. The Labute approximate surface area is 172 Å². The van der Waals surface area contributed by atoms with E-state index in [0.717, 1.165) is 65.4 Å². The number of nitrogens with zero attached hydrogens (tertiary/aromatic N) is 4. The van der Waals surface area contributed by atoms with Crippen LogP contribution in [0.4, 0.5) is 0 Å². The molecule has 0 aromatic heterocycles. The first-order chi connectivity index (χ1) is 13.3. The summed E-state index contributed by atoms with van der Waals surface area (Å²) >= 11 is 0. The SMILES string of the molecule is CC(C)N1CCC(N2CCOCC2)C(CC(C)(C)C(=O)N2CCN(C)CC2)C1. The quantitative estimate of drug-likeness (QED) is 0.708. The Morgan fingerprint density at radius 3 is 2.29 bits per heavy atom. The molecule has 6 heteroatoms. The molecule has 0 saturated carbocycles. The number of piperidine rings is 1. The van der Waals surface area contributed by atoms with Crippen molar-refractivity contribution in [2.45, 2.75) is 52.6 Å². The fourth-order valence-corrected chi connectivity index (χ4v) is 5.29. The van der Waals surface area contributed by atoms with Crippen LogP contribution in [0.5, 0.6) is 0 Å². The first-order valence-electron chi connectivity index (χ1n) is 11.3. The van der Waals surface area contributed by atoms with Gasteiger partial charge in [-0.05, 0) is 46.2 Å². The molecule has 0 aromatic carbocycles. The smallest absolute Gasteiger partial charge is 0.228 e. The second kappa shape index (κ2) is 9.41. The van der Waals surface area contributed by atoms with Crippen LogP contribution in [0, 0.1) is 11.3 Å². The van der Waals surface area contributed by atoms with Gasteiger partial charge in [-0.25, -0.2) is 0 Å². The van der Waals surface area contributed by atoms with Crippen LogP contribution in [0.2, 0.25) is 0 Å². The topological polar surface area (TPSA) is 39.3 Å². The highest BCUT2D eigenvalue weighted by atomic mass is 16.5. The standard InChI is InChI=1S/C22H42N4O2/c1-18(2)26-7-6-20(24-12-14-28-15-13-24)19(17-26)16-22(3,4)21(27)25-10-8-23(5)9-11-25/h18-20H,6-17H2,1-5H3. The molecule has 0 bridgehead atoms. The third-order valence-corrected chi connectivity index (χ3v) is 7.11. The lowest BCUT2D eigenvalue weighted by Crippen LogP contribution is -2.57. The molecule has 0 N–H and O–H groups in total. The summed E-state index contributed by atoms with van der Waals surface area (Å²) in [7, 11) is 2.14. The van der Waals surface area contributed by atoms with Crippen LogP contribution in [0.1, 0.15) is 40.5 Å². The van der Waals surface area contributed by atoms with E-state index in [4.69, 9.17) is 4.74 Å². The Bertz CT molecular complexity index is 511. The molecule has 2 unspecified atom stereocenters. The summed E-state index contributed by atoms with van der Waals surface area (Å²) < 4.78 is 5.60. The molecule has 3 saturated heterocycles. The zero-order chi connectivity index (χ0) is 20.3. The molecule has 28 heavy (non-hydrogen) atoms. The van der Waals surface area contributed by atoms with Gasteiger partial charge in [-0.15, -0.1) is 0 Å². The summed E-state index contributed by atoms with van der Waals surface area (Å²) in [4.78, 5) is 23.0. The van der Waals surface area contributed by atoms with E-state index in [2.05, 4.69) is 54.3 Å². The fourth-order valence-electron chi connectivity index (χ4n) is 5.29. The van der Waals surface area contributed by atoms with E-state index in [1.807, 2.05) is 0 Å². The highest BCUT2D eigenvalue weighted by Gasteiger charge is 2.41. The molecule has 0 radical (unpaired) electrons. The van der Waals surface area contributed by atoms with Crippen LogP contribution in [-0.4, -0.2) is 110 Å². The number of carbonyl (C=O) groups is 1. The molecule has 6 nitrogen and oxygen atoms in total. The van der Waals surface area contributed by atoms with Gasteiger partial charge < -0.3 is 19.4 Å². The molecule has 0 aliphatic carbocycles. The first kappa shape index (κ1) is 22.0. The number of piperazine rings is 1. The van der Waals surface area contributed by atoms with Crippen molar-refractivity contribution in [1.29, 1.82) is 0 Å². The Balaban J connectivity index is 1.69. The molecule has 3 heterocycles. The fraction of sp³-hybridized carbons (Fsp3) is 0.955. The van der Waals surface area contributed by atoms with Gasteiger partial charge in [0.15, 0.2) is 0 Å². The van der Waals surface area contributed by atoms with Crippen LogP contribution in [0.3, 0.4) is 0 Å². The summed E-state index contributed by atoms with van der Waals surface area (Å²) in [5.74, 6) is 0.892. The molecule has 1 amide bonds. The Hall–Kier alpha value is -0.690. The number of morpholine rings is 1. The summed E-state index contributed by atoms with van der Waals surface area (Å²) in [5, 5.41) is 0. The minimum Gasteiger partial charge on any atom is -0.379 e. The molecular weight excluding hydrogens is 352 g/mol. The summed E-state index contributed by atoms with van der Waals surface area (Å²) in [6, 6.07) is 1.16. The van der Waals surface area contributed by atoms with Crippen molar-refractivity contribution in [3.05, 3.63) is 0 Å². The lowest BCUT2D eigenvalue weighted by molar-refractivity contribution is -0.144. The number of likely N-dealkylation sites (tertiary alicyclic amines) is 1. The Kier molecular flexibility index (Phi) is 7.40. The van der Waals surface area contributed by atoms with E-state index < -0.39 is 0 Å². The van der Waals surface area contributed by atoms with Crippen molar-refractivity contribution in [2.75, 3.05) is 72.6 Å².